The van der Waals surface area contributed by atoms with E-state index < -0.39 is 16.0 Å². The van der Waals surface area contributed by atoms with Gasteiger partial charge in [0.1, 0.15) is 0 Å². The van der Waals surface area contributed by atoms with E-state index in [-0.39, 0.29) is 39.1 Å². The largest absolute Gasteiger partial charge is 0.478 e. The molecule has 0 bridgehead atoms. The van der Waals surface area contributed by atoms with Crippen LogP contribution in [0.5, 0.6) is 0 Å². The second-order valence-electron chi connectivity index (χ2n) is 4.50. The second kappa shape index (κ2) is 7.06. The normalized spacial score (nSPS) is 12.1. The molecular formula is C12H15BrClNO5S. The third-order valence-corrected chi connectivity index (χ3v) is 6.05. The lowest BCUT2D eigenvalue weighted by Crippen LogP contribution is -2.39. The molecule has 0 unspecified atom stereocenters. The zero-order valence-electron chi connectivity index (χ0n) is 11.4. The standard InChI is InChI=1S/C12H15BrClNO5S/c1-7(2)15(3-4-16)21(19,20)8-5-9(12(17)18)11(14)10(13)6-8/h5-7,16H,3-4H2,1-2H3,(H,17,18). The Kier molecular flexibility index (Phi) is 6.18. The smallest absolute Gasteiger partial charge is 0.337 e. The fourth-order valence-electron chi connectivity index (χ4n) is 1.76. The number of benzene rings is 1. The second-order valence-corrected chi connectivity index (χ2v) is 7.63. The van der Waals surface area contributed by atoms with E-state index in [0.717, 1.165) is 10.4 Å². The van der Waals surface area contributed by atoms with Crippen molar-refractivity contribution in [1.29, 1.82) is 0 Å². The molecule has 0 heterocycles. The number of rotatable bonds is 6. The number of hydrogen-bond donors (Lipinski definition) is 2. The SMILES string of the molecule is CC(C)N(CCO)S(=O)(=O)c1cc(Br)c(Cl)c(C(=O)O)c1. The molecule has 0 saturated heterocycles. The minimum absolute atomic E-state index is 0.0697. The Bertz CT molecular complexity index is 647. The number of aliphatic hydroxyl groups is 1. The summed E-state index contributed by atoms with van der Waals surface area (Å²) in [5.41, 5.74) is -0.308. The summed E-state index contributed by atoms with van der Waals surface area (Å²) in [6.07, 6.45) is 0. The van der Waals surface area contributed by atoms with Crippen molar-refractivity contribution in [3.05, 3.63) is 27.2 Å². The van der Waals surface area contributed by atoms with Crippen LogP contribution in [0.2, 0.25) is 5.02 Å². The number of nitrogens with zero attached hydrogens (tertiary/aromatic N) is 1. The fraction of sp³-hybridized carbons (Fsp3) is 0.417. The summed E-state index contributed by atoms with van der Waals surface area (Å²) in [5.74, 6) is -1.32. The molecule has 1 rings (SSSR count). The lowest BCUT2D eigenvalue weighted by atomic mass is 10.2. The minimum atomic E-state index is -3.94. The molecule has 0 saturated carbocycles. The van der Waals surface area contributed by atoms with E-state index in [4.69, 9.17) is 21.8 Å². The van der Waals surface area contributed by atoms with E-state index in [1.54, 1.807) is 13.8 Å². The maximum Gasteiger partial charge on any atom is 0.337 e. The van der Waals surface area contributed by atoms with Crippen molar-refractivity contribution in [2.75, 3.05) is 13.2 Å². The number of aromatic carboxylic acids is 1. The highest BCUT2D eigenvalue weighted by molar-refractivity contribution is 9.10. The summed E-state index contributed by atoms with van der Waals surface area (Å²) in [5, 5.41) is 18.0. The summed E-state index contributed by atoms with van der Waals surface area (Å²) >= 11 is 8.89. The first-order valence-corrected chi connectivity index (χ1v) is 8.59. The van der Waals surface area contributed by atoms with E-state index in [2.05, 4.69) is 15.9 Å². The summed E-state index contributed by atoms with van der Waals surface area (Å²) in [6, 6.07) is 1.87. The van der Waals surface area contributed by atoms with Crippen molar-refractivity contribution in [3.8, 4) is 0 Å². The average molecular weight is 401 g/mol. The number of halogens is 2. The monoisotopic (exact) mass is 399 g/mol. The van der Waals surface area contributed by atoms with Gasteiger partial charge in [-0.3, -0.25) is 0 Å². The fourth-order valence-corrected chi connectivity index (χ4v) is 4.24. The summed E-state index contributed by atoms with van der Waals surface area (Å²) in [6.45, 7) is 2.91. The first-order chi connectivity index (χ1) is 9.62. The number of carboxylic acid groups (broad SMARTS) is 1. The van der Waals surface area contributed by atoms with Crippen LogP contribution in [-0.4, -0.2) is 48.1 Å². The third-order valence-electron chi connectivity index (χ3n) is 2.74. The van der Waals surface area contributed by atoms with Crippen LogP contribution in [0.15, 0.2) is 21.5 Å². The highest BCUT2D eigenvalue weighted by Crippen LogP contribution is 2.31. The molecule has 0 aromatic heterocycles. The minimum Gasteiger partial charge on any atom is -0.478 e. The van der Waals surface area contributed by atoms with Crippen LogP contribution >= 0.6 is 27.5 Å². The molecule has 9 heteroatoms. The number of aliphatic hydroxyl groups excluding tert-OH is 1. The van der Waals surface area contributed by atoms with Crippen LogP contribution in [0, 0.1) is 0 Å². The molecule has 0 aliphatic rings. The molecule has 0 aliphatic carbocycles. The van der Waals surface area contributed by atoms with E-state index in [1.165, 1.54) is 6.07 Å². The van der Waals surface area contributed by atoms with Gasteiger partial charge < -0.3 is 10.2 Å². The number of carbonyl (C=O) groups is 1. The van der Waals surface area contributed by atoms with E-state index >= 15 is 0 Å². The lowest BCUT2D eigenvalue weighted by Gasteiger charge is -2.25. The summed E-state index contributed by atoms with van der Waals surface area (Å²) in [4.78, 5) is 10.9. The van der Waals surface area contributed by atoms with Gasteiger partial charge in [-0.2, -0.15) is 4.31 Å². The van der Waals surface area contributed by atoms with Crippen molar-refractivity contribution in [1.82, 2.24) is 4.31 Å². The van der Waals surface area contributed by atoms with Crippen LogP contribution in [0.1, 0.15) is 24.2 Å². The van der Waals surface area contributed by atoms with Gasteiger partial charge in [-0.25, -0.2) is 13.2 Å². The number of sulfonamides is 1. The molecule has 1 aromatic rings. The topological polar surface area (TPSA) is 94.9 Å². The summed E-state index contributed by atoms with van der Waals surface area (Å²) in [7, 11) is -3.94. The zero-order valence-corrected chi connectivity index (χ0v) is 14.5. The molecular weight excluding hydrogens is 386 g/mol. The molecule has 0 spiro atoms. The predicted octanol–water partition coefficient (Wildman–Crippen LogP) is 2.19. The Morgan fingerprint density at radius 2 is 2.00 bits per heavy atom. The molecule has 0 amide bonds. The van der Waals surface area contributed by atoms with Gasteiger partial charge in [-0.15, -0.1) is 0 Å². The molecule has 2 N–H and O–H groups in total. The molecule has 0 atom stereocenters. The van der Waals surface area contributed by atoms with Gasteiger partial charge in [0, 0.05) is 17.1 Å². The van der Waals surface area contributed by atoms with Gasteiger partial charge >= 0.3 is 5.97 Å². The lowest BCUT2D eigenvalue weighted by molar-refractivity contribution is 0.0696. The first-order valence-electron chi connectivity index (χ1n) is 5.98. The van der Waals surface area contributed by atoms with Gasteiger partial charge in [0.05, 0.1) is 22.1 Å². The highest BCUT2D eigenvalue weighted by Gasteiger charge is 2.28. The quantitative estimate of drug-likeness (QED) is 0.763. The zero-order chi connectivity index (χ0) is 16.4. The van der Waals surface area contributed by atoms with E-state index in [0.29, 0.717) is 0 Å². The van der Waals surface area contributed by atoms with Gasteiger partial charge in [0.2, 0.25) is 10.0 Å². The van der Waals surface area contributed by atoms with Crippen LogP contribution in [0.25, 0.3) is 0 Å². The Balaban J connectivity index is 3.47. The van der Waals surface area contributed by atoms with Crippen molar-refractivity contribution in [3.63, 3.8) is 0 Å². The maximum atomic E-state index is 12.6. The highest BCUT2D eigenvalue weighted by atomic mass is 79.9. The molecule has 0 fully saturated rings. The van der Waals surface area contributed by atoms with E-state index in [9.17, 15) is 13.2 Å². The van der Waals surface area contributed by atoms with Gasteiger partial charge in [-0.1, -0.05) is 11.6 Å². The Labute approximate surface area is 136 Å². The van der Waals surface area contributed by atoms with Crippen molar-refractivity contribution < 1.29 is 23.4 Å². The van der Waals surface area contributed by atoms with Crippen LogP contribution in [0.3, 0.4) is 0 Å². The third kappa shape index (κ3) is 3.95. The van der Waals surface area contributed by atoms with Crippen LogP contribution in [0.4, 0.5) is 0 Å². The van der Waals surface area contributed by atoms with Crippen LogP contribution < -0.4 is 0 Å². The molecule has 0 aliphatic heterocycles. The maximum absolute atomic E-state index is 12.6. The Morgan fingerprint density at radius 3 is 2.43 bits per heavy atom. The summed E-state index contributed by atoms with van der Waals surface area (Å²) < 4.78 is 26.4. The van der Waals surface area contributed by atoms with Gasteiger partial charge in [0.15, 0.2) is 0 Å². The van der Waals surface area contributed by atoms with Gasteiger partial charge in [-0.05, 0) is 41.9 Å². The molecule has 6 nitrogen and oxygen atoms in total. The number of carboxylic acids is 1. The molecule has 0 radical (unpaired) electrons. The predicted molar refractivity (Wildman–Crippen MR) is 82.2 cm³/mol. The number of hydrogen-bond acceptors (Lipinski definition) is 4. The van der Waals surface area contributed by atoms with Crippen molar-refractivity contribution in [2.45, 2.75) is 24.8 Å². The van der Waals surface area contributed by atoms with Crippen LogP contribution in [-0.2, 0) is 10.0 Å². The van der Waals surface area contributed by atoms with E-state index in [1.807, 2.05) is 0 Å². The average Bonchev–Trinajstić information content (AvgIpc) is 2.37. The molecule has 1 aromatic carbocycles. The molecule has 118 valence electrons. The Hall–Kier alpha value is -0.670. The molecule has 21 heavy (non-hydrogen) atoms. The van der Waals surface area contributed by atoms with Gasteiger partial charge in [0.25, 0.3) is 0 Å². The van der Waals surface area contributed by atoms with Crippen molar-refractivity contribution >= 4 is 43.5 Å². The first kappa shape index (κ1) is 18.4. The van der Waals surface area contributed by atoms with Crippen molar-refractivity contribution in [2.24, 2.45) is 0 Å². The Morgan fingerprint density at radius 1 is 1.43 bits per heavy atom.